The molecule has 0 spiro atoms. The Labute approximate surface area is 93.9 Å². The second kappa shape index (κ2) is 8.85. The molecule has 0 aliphatic carbocycles. The van der Waals surface area contributed by atoms with Gasteiger partial charge in [-0.1, -0.05) is 26.7 Å². The van der Waals surface area contributed by atoms with Gasteiger partial charge in [0.1, 0.15) is 6.04 Å². The summed E-state index contributed by atoms with van der Waals surface area (Å²) in [6.45, 7) is 4.41. The molecule has 2 unspecified atom stereocenters. The molecule has 0 aliphatic rings. The number of carboxylic acid groups (broad SMARTS) is 1. The molecule has 15 heavy (non-hydrogen) atoms. The molecule has 0 bridgehead atoms. The van der Waals surface area contributed by atoms with Crippen LogP contribution >= 0.6 is 0 Å². The van der Waals surface area contributed by atoms with Gasteiger partial charge in [-0.2, -0.15) is 0 Å². The lowest BCUT2D eigenvalue weighted by molar-refractivity contribution is -0.139. The number of unbranched alkanes of at least 4 members (excludes halogenated alkanes) is 1. The normalized spacial score (nSPS) is 14.8. The van der Waals surface area contributed by atoms with Crippen LogP contribution in [0.2, 0.25) is 0 Å². The van der Waals surface area contributed by atoms with Gasteiger partial charge in [-0.05, 0) is 6.42 Å². The number of hydrogen-bond donors (Lipinski definition) is 2. The van der Waals surface area contributed by atoms with E-state index in [4.69, 9.17) is 5.11 Å². The van der Waals surface area contributed by atoms with Gasteiger partial charge in [0.05, 0.1) is 0 Å². The largest absolute Gasteiger partial charge is 0.480 e. The van der Waals surface area contributed by atoms with Crippen molar-refractivity contribution < 1.29 is 14.1 Å². The summed E-state index contributed by atoms with van der Waals surface area (Å²) < 4.78 is 11.1. The van der Waals surface area contributed by atoms with Crippen molar-refractivity contribution in [1.82, 2.24) is 5.32 Å². The third-order valence-corrected chi connectivity index (χ3v) is 3.49. The van der Waals surface area contributed by atoms with E-state index >= 15 is 0 Å². The van der Waals surface area contributed by atoms with Crippen molar-refractivity contribution in [3.63, 3.8) is 0 Å². The van der Waals surface area contributed by atoms with Gasteiger partial charge in [-0.25, -0.2) is 0 Å². The molecule has 2 N–H and O–H groups in total. The summed E-state index contributed by atoms with van der Waals surface area (Å²) in [6.07, 6.45) is 2.54. The van der Waals surface area contributed by atoms with Crippen molar-refractivity contribution >= 4 is 16.8 Å². The molecule has 0 aromatic rings. The number of carboxylic acids is 1. The lowest BCUT2D eigenvalue weighted by atomic mass is 10.1. The fraction of sp³-hybridized carbons (Fsp3) is 0.900. The van der Waals surface area contributed by atoms with E-state index in [-0.39, 0.29) is 0 Å². The first kappa shape index (κ1) is 14.6. The maximum Gasteiger partial charge on any atom is 0.320 e. The highest BCUT2D eigenvalue weighted by atomic mass is 32.2. The summed E-state index contributed by atoms with van der Waals surface area (Å²) in [5.41, 5.74) is 0. The molecule has 90 valence electrons. The van der Waals surface area contributed by atoms with Gasteiger partial charge in [0.2, 0.25) is 0 Å². The Morgan fingerprint density at radius 2 is 2.13 bits per heavy atom. The van der Waals surface area contributed by atoms with E-state index in [0.717, 1.165) is 12.8 Å². The zero-order valence-electron chi connectivity index (χ0n) is 9.49. The fourth-order valence-electron chi connectivity index (χ4n) is 1.21. The third-order valence-electron chi connectivity index (χ3n) is 2.19. The molecular formula is C10H21NO3S. The monoisotopic (exact) mass is 235 g/mol. The highest BCUT2D eigenvalue weighted by Gasteiger charge is 2.15. The fourth-order valence-corrected chi connectivity index (χ4v) is 1.85. The van der Waals surface area contributed by atoms with Crippen molar-refractivity contribution in [2.45, 2.75) is 39.2 Å². The van der Waals surface area contributed by atoms with Crippen LogP contribution in [0.1, 0.15) is 33.1 Å². The molecule has 0 saturated carbocycles. The quantitative estimate of drug-likeness (QED) is 0.625. The van der Waals surface area contributed by atoms with Gasteiger partial charge in [0, 0.05) is 28.9 Å². The minimum Gasteiger partial charge on any atom is -0.480 e. The Bertz CT molecular complexity index is 209. The van der Waals surface area contributed by atoms with E-state index in [1.165, 1.54) is 0 Å². The van der Waals surface area contributed by atoms with E-state index in [0.29, 0.717) is 24.5 Å². The van der Waals surface area contributed by atoms with Crippen LogP contribution in [0.3, 0.4) is 0 Å². The first-order valence-corrected chi connectivity index (χ1v) is 6.91. The molecule has 5 heteroatoms. The molecule has 0 rings (SSSR count). The van der Waals surface area contributed by atoms with Crippen LogP contribution in [0.5, 0.6) is 0 Å². The molecule has 0 amide bonds. The Morgan fingerprint density at radius 3 is 2.60 bits per heavy atom. The summed E-state index contributed by atoms with van der Waals surface area (Å²) in [5, 5.41) is 11.8. The Kier molecular flexibility index (Phi) is 8.61. The smallest absolute Gasteiger partial charge is 0.320 e. The topological polar surface area (TPSA) is 66.4 Å². The second-order valence-corrected chi connectivity index (χ2v) is 5.29. The molecule has 0 radical (unpaired) electrons. The van der Waals surface area contributed by atoms with Crippen molar-refractivity contribution in [3.05, 3.63) is 0 Å². The SMILES string of the molecule is CCCCC(NCCS(=O)CC)C(=O)O. The Hall–Kier alpha value is -0.420. The minimum absolute atomic E-state index is 0.487. The van der Waals surface area contributed by atoms with Crippen LogP contribution in [-0.2, 0) is 15.6 Å². The summed E-state index contributed by atoms with van der Waals surface area (Å²) in [7, 11) is -0.818. The zero-order chi connectivity index (χ0) is 11.7. The molecule has 4 nitrogen and oxygen atoms in total. The van der Waals surface area contributed by atoms with E-state index in [1.807, 2.05) is 13.8 Å². The van der Waals surface area contributed by atoms with E-state index < -0.39 is 22.8 Å². The molecule has 0 aliphatic heterocycles. The predicted molar refractivity (Wildman–Crippen MR) is 62.5 cm³/mol. The number of hydrogen-bond acceptors (Lipinski definition) is 3. The molecule has 2 atom stereocenters. The van der Waals surface area contributed by atoms with E-state index in [1.54, 1.807) is 0 Å². The van der Waals surface area contributed by atoms with Crippen molar-refractivity contribution in [2.24, 2.45) is 0 Å². The average molecular weight is 235 g/mol. The van der Waals surface area contributed by atoms with E-state index in [2.05, 4.69) is 5.32 Å². The number of aliphatic carboxylic acids is 1. The molecule has 0 aromatic carbocycles. The van der Waals surface area contributed by atoms with Crippen molar-refractivity contribution in [2.75, 3.05) is 18.1 Å². The summed E-state index contributed by atoms with van der Waals surface area (Å²) in [6, 6.07) is -0.487. The molecule has 0 heterocycles. The van der Waals surface area contributed by atoms with Gasteiger partial charge in [-0.3, -0.25) is 9.00 Å². The van der Waals surface area contributed by atoms with Gasteiger partial charge in [0.15, 0.2) is 0 Å². The number of carbonyl (C=O) groups is 1. The first-order valence-electron chi connectivity index (χ1n) is 5.43. The van der Waals surface area contributed by atoms with Gasteiger partial charge >= 0.3 is 5.97 Å². The summed E-state index contributed by atoms with van der Waals surface area (Å²) in [4.78, 5) is 10.8. The molecule has 0 aromatic heterocycles. The lowest BCUT2D eigenvalue weighted by Crippen LogP contribution is -2.38. The lowest BCUT2D eigenvalue weighted by Gasteiger charge is -2.13. The standard InChI is InChI=1S/C10H21NO3S/c1-3-5-6-9(10(12)13)11-7-8-15(14)4-2/h9,11H,3-8H2,1-2H3,(H,12,13). The van der Waals surface area contributed by atoms with Gasteiger partial charge in [-0.15, -0.1) is 0 Å². The second-order valence-electron chi connectivity index (χ2n) is 3.42. The average Bonchev–Trinajstić information content (AvgIpc) is 2.22. The zero-order valence-corrected chi connectivity index (χ0v) is 10.3. The minimum atomic E-state index is -0.818. The van der Waals surface area contributed by atoms with Crippen molar-refractivity contribution in [3.8, 4) is 0 Å². The van der Waals surface area contributed by atoms with Crippen LogP contribution in [0.4, 0.5) is 0 Å². The Morgan fingerprint density at radius 1 is 1.47 bits per heavy atom. The molecule has 0 saturated heterocycles. The van der Waals surface area contributed by atoms with Crippen LogP contribution < -0.4 is 5.32 Å². The number of nitrogens with one attached hydrogen (secondary N) is 1. The predicted octanol–water partition coefficient (Wildman–Crippen LogP) is 0.988. The van der Waals surface area contributed by atoms with Crippen LogP contribution in [0, 0.1) is 0 Å². The van der Waals surface area contributed by atoms with Crippen LogP contribution in [-0.4, -0.2) is 39.4 Å². The Balaban J connectivity index is 3.75. The maximum absolute atomic E-state index is 11.1. The number of rotatable bonds is 9. The highest BCUT2D eigenvalue weighted by Crippen LogP contribution is 2.00. The van der Waals surface area contributed by atoms with Gasteiger partial charge in [0.25, 0.3) is 0 Å². The van der Waals surface area contributed by atoms with Crippen LogP contribution in [0.25, 0.3) is 0 Å². The summed E-state index contributed by atoms with van der Waals surface area (Å²) in [5.74, 6) is 0.353. The van der Waals surface area contributed by atoms with Crippen LogP contribution in [0.15, 0.2) is 0 Å². The maximum atomic E-state index is 11.1. The molecule has 0 fully saturated rings. The molecular weight excluding hydrogens is 214 g/mol. The van der Waals surface area contributed by atoms with Gasteiger partial charge < -0.3 is 10.4 Å². The van der Waals surface area contributed by atoms with Crippen molar-refractivity contribution in [1.29, 1.82) is 0 Å². The first-order chi connectivity index (χ1) is 7.11. The van der Waals surface area contributed by atoms with E-state index in [9.17, 15) is 9.00 Å². The third kappa shape index (κ3) is 7.50. The summed E-state index contributed by atoms with van der Waals surface area (Å²) >= 11 is 0. The highest BCUT2D eigenvalue weighted by molar-refractivity contribution is 7.84.